The number of carbonyl (C=O) groups excluding carboxylic acids is 1. The van der Waals surface area contributed by atoms with Gasteiger partial charge in [0.15, 0.2) is 5.50 Å². The molecule has 0 bridgehead atoms. The highest BCUT2D eigenvalue weighted by molar-refractivity contribution is 8.05. The fourth-order valence-corrected chi connectivity index (χ4v) is 5.81. The molecule has 31 heavy (non-hydrogen) atoms. The van der Waals surface area contributed by atoms with Crippen LogP contribution in [0, 0.1) is 5.92 Å². The Hall–Kier alpha value is -2.20. The summed E-state index contributed by atoms with van der Waals surface area (Å²) in [6.45, 7) is 8.97. The Bertz CT molecular complexity index is 930. The smallest absolute Gasteiger partial charge is 0.262 e. The Labute approximate surface area is 191 Å². The Morgan fingerprint density at radius 3 is 2.32 bits per heavy atom. The van der Waals surface area contributed by atoms with Crippen molar-refractivity contribution in [1.82, 2.24) is 4.90 Å². The van der Waals surface area contributed by atoms with E-state index in [-0.39, 0.29) is 16.8 Å². The first-order valence-electron chi connectivity index (χ1n) is 11.5. The Morgan fingerprint density at radius 1 is 1.00 bits per heavy atom. The minimum absolute atomic E-state index is 0.0689. The molecule has 164 valence electrons. The number of hydrogen-bond acceptors (Lipinski definition) is 3. The van der Waals surface area contributed by atoms with Gasteiger partial charge in [-0.3, -0.25) is 4.79 Å². The highest BCUT2D eigenvalue weighted by Crippen LogP contribution is 2.42. The molecule has 3 atom stereocenters. The molecule has 1 heterocycles. The molecule has 2 aromatic carbocycles. The lowest BCUT2D eigenvalue weighted by molar-refractivity contribution is -0.129. The molecule has 1 saturated heterocycles. The zero-order chi connectivity index (χ0) is 22.0. The molecule has 1 N–H and O–H groups in total. The number of thioether (sulfide) groups is 1. The molecule has 0 spiro atoms. The van der Waals surface area contributed by atoms with Gasteiger partial charge in [-0.05, 0) is 53.5 Å². The second-order valence-electron chi connectivity index (χ2n) is 9.90. The van der Waals surface area contributed by atoms with Crippen molar-refractivity contribution in [3.05, 3.63) is 70.6 Å². The summed E-state index contributed by atoms with van der Waals surface area (Å²) in [5, 5.41) is 3.61. The van der Waals surface area contributed by atoms with Crippen LogP contribution in [0.1, 0.15) is 64.5 Å². The van der Waals surface area contributed by atoms with Crippen LogP contribution in [-0.4, -0.2) is 22.3 Å². The van der Waals surface area contributed by atoms with E-state index in [1.807, 2.05) is 18.2 Å². The van der Waals surface area contributed by atoms with Crippen LogP contribution in [-0.2, 0) is 10.2 Å². The van der Waals surface area contributed by atoms with E-state index in [4.69, 9.17) is 0 Å². The van der Waals surface area contributed by atoms with Crippen LogP contribution < -0.4 is 5.32 Å². The molecule has 3 nitrogen and oxygen atoms in total. The van der Waals surface area contributed by atoms with Crippen molar-refractivity contribution in [2.45, 2.75) is 70.3 Å². The molecule has 1 aliphatic heterocycles. The summed E-state index contributed by atoms with van der Waals surface area (Å²) < 4.78 is 0. The van der Waals surface area contributed by atoms with Crippen LogP contribution in [0.15, 0.2) is 59.5 Å². The summed E-state index contributed by atoms with van der Waals surface area (Å²) in [4.78, 5) is 16.5. The number of para-hydroxylation sites is 1. The molecule has 2 fully saturated rings. The van der Waals surface area contributed by atoms with Crippen molar-refractivity contribution in [1.29, 1.82) is 0 Å². The van der Waals surface area contributed by atoms with E-state index in [0.717, 1.165) is 22.6 Å². The third kappa shape index (κ3) is 5.01. The Morgan fingerprint density at radius 2 is 1.68 bits per heavy atom. The largest absolute Gasteiger partial charge is 0.356 e. The first-order valence-corrected chi connectivity index (χ1v) is 12.3. The average Bonchev–Trinajstić information content (AvgIpc) is 3.03. The van der Waals surface area contributed by atoms with E-state index in [9.17, 15) is 4.79 Å². The molecule has 1 aliphatic carbocycles. The maximum absolute atomic E-state index is 13.6. The van der Waals surface area contributed by atoms with E-state index in [1.165, 1.54) is 24.8 Å². The third-order valence-electron chi connectivity index (χ3n) is 6.50. The lowest BCUT2D eigenvalue weighted by atomic mass is 9.85. The molecule has 2 aliphatic rings. The van der Waals surface area contributed by atoms with Crippen molar-refractivity contribution in [3.63, 3.8) is 0 Å². The monoisotopic (exact) mass is 434 g/mol. The van der Waals surface area contributed by atoms with Gasteiger partial charge in [-0.1, -0.05) is 94.8 Å². The molecule has 0 radical (unpaired) electrons. The van der Waals surface area contributed by atoms with Gasteiger partial charge in [-0.15, -0.1) is 0 Å². The van der Waals surface area contributed by atoms with Crippen LogP contribution in [0.4, 0.5) is 5.69 Å². The van der Waals surface area contributed by atoms with Gasteiger partial charge in [0.2, 0.25) is 0 Å². The maximum atomic E-state index is 13.6. The number of nitrogens with one attached hydrogen (secondary N) is 1. The molecule has 1 saturated carbocycles. The Balaban J connectivity index is 1.61. The molecule has 0 aromatic heterocycles. The van der Waals surface area contributed by atoms with Gasteiger partial charge in [-0.25, -0.2) is 0 Å². The molecule has 1 amide bonds. The Kier molecular flexibility index (Phi) is 6.47. The summed E-state index contributed by atoms with van der Waals surface area (Å²) in [6, 6.07) is 19.1. The number of hydrogen-bond donors (Lipinski definition) is 1. The van der Waals surface area contributed by atoms with E-state index < -0.39 is 0 Å². The molecular formula is C27H34N2OS. The van der Waals surface area contributed by atoms with E-state index in [1.54, 1.807) is 11.8 Å². The zero-order valence-corrected chi connectivity index (χ0v) is 19.9. The van der Waals surface area contributed by atoms with Crippen LogP contribution in [0.25, 0.3) is 6.08 Å². The van der Waals surface area contributed by atoms with Crippen molar-refractivity contribution in [2.75, 3.05) is 5.32 Å². The lowest BCUT2D eigenvalue weighted by Gasteiger charge is -2.39. The molecule has 2 aromatic rings. The fourth-order valence-electron chi connectivity index (χ4n) is 4.60. The van der Waals surface area contributed by atoms with Crippen LogP contribution in [0.2, 0.25) is 0 Å². The number of benzene rings is 2. The molecule has 4 heteroatoms. The first-order chi connectivity index (χ1) is 14.8. The van der Waals surface area contributed by atoms with Crippen molar-refractivity contribution in [3.8, 4) is 0 Å². The minimum Gasteiger partial charge on any atom is -0.356 e. The average molecular weight is 435 g/mol. The summed E-state index contributed by atoms with van der Waals surface area (Å²) in [5.41, 5.74) is 3.50. The van der Waals surface area contributed by atoms with Gasteiger partial charge in [0.1, 0.15) is 0 Å². The number of nitrogens with zero attached hydrogens (tertiary/aromatic N) is 1. The normalized spacial score (nSPS) is 25.8. The van der Waals surface area contributed by atoms with E-state index in [2.05, 4.69) is 80.4 Å². The van der Waals surface area contributed by atoms with E-state index in [0.29, 0.717) is 12.0 Å². The lowest BCUT2D eigenvalue weighted by Crippen LogP contribution is -2.48. The topological polar surface area (TPSA) is 32.3 Å². The third-order valence-corrected chi connectivity index (χ3v) is 7.61. The second kappa shape index (κ2) is 9.12. The van der Waals surface area contributed by atoms with Crippen LogP contribution in [0.5, 0.6) is 0 Å². The van der Waals surface area contributed by atoms with Gasteiger partial charge < -0.3 is 10.2 Å². The highest BCUT2D eigenvalue weighted by atomic mass is 32.2. The van der Waals surface area contributed by atoms with E-state index >= 15 is 0 Å². The zero-order valence-electron chi connectivity index (χ0n) is 19.1. The predicted octanol–water partition coefficient (Wildman–Crippen LogP) is 6.87. The van der Waals surface area contributed by atoms with Gasteiger partial charge in [0, 0.05) is 11.7 Å². The number of carbonyl (C=O) groups is 1. The fraction of sp³-hybridized carbons (Fsp3) is 0.444. The second-order valence-corrected chi connectivity index (χ2v) is 11.0. The van der Waals surface area contributed by atoms with Crippen molar-refractivity contribution in [2.24, 2.45) is 5.92 Å². The number of amides is 1. The first kappa shape index (κ1) is 22.0. The predicted molar refractivity (Wildman–Crippen MR) is 133 cm³/mol. The summed E-state index contributed by atoms with van der Waals surface area (Å²) >= 11 is 1.65. The number of rotatable bonds is 4. The SMILES string of the molecule is C[C@@H]1CCCC[C@H]1N1C(=O)/C(=C/c2ccc(C(C)(C)C)cc2)SC1Nc1ccccc1. The maximum Gasteiger partial charge on any atom is 0.262 e. The molecule has 4 rings (SSSR count). The minimum atomic E-state index is -0.0689. The van der Waals surface area contributed by atoms with Gasteiger partial charge >= 0.3 is 0 Å². The van der Waals surface area contributed by atoms with Crippen LogP contribution >= 0.6 is 11.8 Å². The van der Waals surface area contributed by atoms with Crippen molar-refractivity contribution < 1.29 is 4.79 Å². The van der Waals surface area contributed by atoms with Crippen molar-refractivity contribution >= 4 is 29.4 Å². The summed E-state index contributed by atoms with van der Waals surface area (Å²) in [5.74, 6) is 0.695. The van der Waals surface area contributed by atoms with Gasteiger partial charge in [0.05, 0.1) is 4.91 Å². The quantitative estimate of drug-likeness (QED) is 0.533. The van der Waals surface area contributed by atoms with Crippen LogP contribution in [0.3, 0.4) is 0 Å². The van der Waals surface area contributed by atoms with Gasteiger partial charge in [-0.2, -0.15) is 0 Å². The summed E-state index contributed by atoms with van der Waals surface area (Å²) in [6.07, 6.45) is 6.83. The molecule has 1 unspecified atom stereocenters. The van der Waals surface area contributed by atoms with Gasteiger partial charge in [0.25, 0.3) is 5.91 Å². The molecular weight excluding hydrogens is 400 g/mol. The standard InChI is InChI=1S/C27H34N2OS/c1-19-10-8-9-13-23(19)29-25(30)24(31-26(29)28-22-11-6-5-7-12-22)18-20-14-16-21(17-15-20)27(2,3)4/h5-7,11-12,14-19,23,26,28H,8-10,13H2,1-4H3/b24-18-/t19-,23-,26?/m1/s1. The number of anilines is 1. The highest BCUT2D eigenvalue weighted by Gasteiger charge is 2.42. The summed E-state index contributed by atoms with van der Waals surface area (Å²) in [7, 11) is 0.